The summed E-state index contributed by atoms with van der Waals surface area (Å²) in [6.07, 6.45) is 0. The standard InChI is InChI=1S/C2H4NO.O2S/c1-2(3)4;1-3-2/h3H,1H3;. The summed E-state index contributed by atoms with van der Waals surface area (Å²) < 4.78 is 16.6. The molecule has 0 aliphatic rings. The van der Waals surface area contributed by atoms with E-state index in [1.54, 1.807) is 0 Å². The van der Waals surface area contributed by atoms with Crippen molar-refractivity contribution < 1.29 is 13.2 Å². The fourth-order valence-corrected chi connectivity index (χ4v) is 0. The smallest absolute Gasteiger partial charge is 0.274 e. The SMILES string of the molecule is CC([NH])=O.O=S=O. The molecule has 41 valence electrons. The molecule has 0 unspecified atom stereocenters. The first kappa shape index (κ1) is 9.56. The molecule has 0 aliphatic carbocycles. The number of hydrogen-bond acceptors (Lipinski definition) is 3. The summed E-state index contributed by atoms with van der Waals surface area (Å²) in [4.78, 5) is 9.11. The van der Waals surface area contributed by atoms with Crippen molar-refractivity contribution in [2.24, 2.45) is 0 Å². The summed E-state index contributed by atoms with van der Waals surface area (Å²) in [7, 11) is 0. The third-order valence-corrected chi connectivity index (χ3v) is 0. The maximum absolute atomic E-state index is 9.11. The second-order valence-corrected chi connectivity index (χ2v) is 0.760. The van der Waals surface area contributed by atoms with E-state index < -0.39 is 17.5 Å². The Morgan fingerprint density at radius 3 is 1.57 bits per heavy atom. The lowest BCUT2D eigenvalue weighted by molar-refractivity contribution is -0.116. The third kappa shape index (κ3) is 114. The largest absolute Gasteiger partial charge is 0.335 e. The molecule has 7 heavy (non-hydrogen) atoms. The molecule has 0 aromatic rings. The van der Waals surface area contributed by atoms with Gasteiger partial charge < -0.3 is 0 Å². The molecule has 0 aromatic carbocycles. The predicted octanol–water partition coefficient (Wildman–Crippen LogP) is -0.854. The summed E-state index contributed by atoms with van der Waals surface area (Å²) >= 11 is -0.750. The van der Waals surface area contributed by atoms with Crippen LogP contribution in [-0.4, -0.2) is 14.3 Å². The molecule has 0 aliphatic heterocycles. The quantitative estimate of drug-likeness (QED) is 0.419. The van der Waals surface area contributed by atoms with Crippen molar-refractivity contribution in [1.29, 1.82) is 0 Å². The van der Waals surface area contributed by atoms with E-state index >= 15 is 0 Å². The topological polar surface area (TPSA) is 75.0 Å². The van der Waals surface area contributed by atoms with Gasteiger partial charge in [0.1, 0.15) is 0 Å². The van der Waals surface area contributed by atoms with E-state index in [1.807, 2.05) is 0 Å². The highest BCUT2D eigenvalue weighted by Gasteiger charge is 1.64. The van der Waals surface area contributed by atoms with Crippen molar-refractivity contribution in [3.05, 3.63) is 0 Å². The van der Waals surface area contributed by atoms with Gasteiger partial charge in [0.05, 0.1) is 0 Å². The zero-order valence-electron chi connectivity index (χ0n) is 3.63. The molecule has 0 heterocycles. The minimum atomic E-state index is -0.750. The Hall–Kier alpha value is -0.710. The number of hydrogen-bond donors (Lipinski definition) is 0. The molecule has 4 nitrogen and oxygen atoms in total. The van der Waals surface area contributed by atoms with Crippen LogP contribution in [0.15, 0.2) is 0 Å². The molecule has 0 atom stereocenters. The van der Waals surface area contributed by atoms with Crippen molar-refractivity contribution in [1.82, 2.24) is 5.73 Å². The number of nitrogens with one attached hydrogen (secondary N) is 1. The molecule has 0 rings (SSSR count). The summed E-state index contributed by atoms with van der Waals surface area (Å²) in [5, 5.41) is 0. The van der Waals surface area contributed by atoms with Gasteiger partial charge in [0, 0.05) is 6.92 Å². The minimum Gasteiger partial charge on any atom is -0.274 e. The highest BCUT2D eigenvalue weighted by atomic mass is 32.1. The van der Waals surface area contributed by atoms with E-state index in [0.29, 0.717) is 0 Å². The summed E-state index contributed by atoms with van der Waals surface area (Å²) in [5.74, 6) is -0.583. The molecular formula is C2H4NO3S. The van der Waals surface area contributed by atoms with Gasteiger partial charge in [-0.15, -0.1) is 0 Å². The molecule has 0 bridgehead atoms. The van der Waals surface area contributed by atoms with Crippen molar-refractivity contribution in [2.75, 3.05) is 0 Å². The summed E-state index contributed by atoms with van der Waals surface area (Å²) in [5.41, 5.74) is 5.94. The number of carbonyl (C=O) groups is 1. The van der Waals surface area contributed by atoms with Gasteiger partial charge in [-0.2, -0.15) is 8.42 Å². The van der Waals surface area contributed by atoms with Gasteiger partial charge in [-0.3, -0.25) is 10.5 Å². The second kappa shape index (κ2) is 8.99. The van der Waals surface area contributed by atoms with Crippen LogP contribution < -0.4 is 5.73 Å². The Morgan fingerprint density at radius 1 is 1.57 bits per heavy atom. The van der Waals surface area contributed by atoms with E-state index in [0.717, 1.165) is 0 Å². The summed E-state index contributed by atoms with van der Waals surface area (Å²) in [6.45, 7) is 1.19. The number of rotatable bonds is 0. The Labute approximate surface area is 44.3 Å². The molecule has 1 radical (unpaired) electrons. The van der Waals surface area contributed by atoms with E-state index in [2.05, 4.69) is 0 Å². The fourth-order valence-electron chi connectivity index (χ4n) is 0. The van der Waals surface area contributed by atoms with E-state index in [9.17, 15) is 0 Å². The maximum atomic E-state index is 9.11. The van der Waals surface area contributed by atoms with Crippen LogP contribution in [0, 0.1) is 0 Å². The van der Waals surface area contributed by atoms with Crippen LogP contribution in [0.3, 0.4) is 0 Å². The first-order chi connectivity index (χ1) is 3.15. The maximum Gasteiger partial charge on any atom is 0.335 e. The zero-order valence-corrected chi connectivity index (χ0v) is 4.45. The van der Waals surface area contributed by atoms with Gasteiger partial charge in [0.25, 0.3) is 0 Å². The molecule has 1 N–H and O–H groups in total. The van der Waals surface area contributed by atoms with Crippen LogP contribution >= 0.6 is 0 Å². The van der Waals surface area contributed by atoms with Gasteiger partial charge in [-0.05, 0) is 0 Å². The zero-order chi connectivity index (χ0) is 6.28. The highest BCUT2D eigenvalue weighted by Crippen LogP contribution is 1.39. The number of amides is 1. The molecule has 0 fully saturated rings. The first-order valence-electron chi connectivity index (χ1n) is 1.29. The molecule has 0 saturated heterocycles. The Balaban J connectivity index is 0. The van der Waals surface area contributed by atoms with Crippen molar-refractivity contribution in [3.8, 4) is 0 Å². The summed E-state index contributed by atoms with van der Waals surface area (Å²) in [6, 6.07) is 0. The molecule has 0 saturated carbocycles. The van der Waals surface area contributed by atoms with Gasteiger partial charge in [-0.25, -0.2) is 0 Å². The molecule has 1 amide bonds. The van der Waals surface area contributed by atoms with Gasteiger partial charge in [0.15, 0.2) is 0 Å². The molecule has 0 aromatic heterocycles. The van der Waals surface area contributed by atoms with Gasteiger partial charge in [-0.1, -0.05) is 0 Å². The highest BCUT2D eigenvalue weighted by molar-refractivity contribution is 7.51. The van der Waals surface area contributed by atoms with Crippen molar-refractivity contribution in [2.45, 2.75) is 6.92 Å². The van der Waals surface area contributed by atoms with Crippen LogP contribution in [0.25, 0.3) is 0 Å². The van der Waals surface area contributed by atoms with Crippen LogP contribution in [-0.2, 0) is 16.4 Å². The average Bonchev–Trinajstić information content (AvgIpc) is 1.33. The molecule has 0 spiro atoms. The Kier molecular flexibility index (Phi) is 12.3. The van der Waals surface area contributed by atoms with E-state index in [4.69, 9.17) is 18.9 Å². The normalized spacial score (nSPS) is 5.29. The second-order valence-electron chi connectivity index (χ2n) is 0.624. The van der Waals surface area contributed by atoms with E-state index in [1.165, 1.54) is 6.92 Å². The lowest BCUT2D eigenvalue weighted by Crippen LogP contribution is -1.83. The minimum absolute atomic E-state index is 0.583. The van der Waals surface area contributed by atoms with Crippen molar-refractivity contribution in [3.63, 3.8) is 0 Å². The molecule has 5 heteroatoms. The van der Waals surface area contributed by atoms with Crippen molar-refractivity contribution >= 4 is 17.5 Å². The Morgan fingerprint density at radius 2 is 1.57 bits per heavy atom. The Bertz CT molecular complexity index is 80.9. The van der Waals surface area contributed by atoms with Crippen LogP contribution in [0.2, 0.25) is 0 Å². The van der Waals surface area contributed by atoms with Gasteiger partial charge >= 0.3 is 11.6 Å². The fraction of sp³-hybridized carbons (Fsp3) is 0.500. The third-order valence-electron chi connectivity index (χ3n) is 0. The van der Waals surface area contributed by atoms with Crippen LogP contribution in [0.1, 0.15) is 6.92 Å². The molecular weight excluding hydrogens is 118 g/mol. The average molecular weight is 122 g/mol. The predicted molar refractivity (Wildman–Crippen MR) is 22.7 cm³/mol. The van der Waals surface area contributed by atoms with E-state index in [-0.39, 0.29) is 0 Å². The van der Waals surface area contributed by atoms with Gasteiger partial charge in [0.2, 0.25) is 5.91 Å². The monoisotopic (exact) mass is 122 g/mol. The number of carbonyl (C=O) groups excluding carboxylic acids is 1. The van der Waals surface area contributed by atoms with Crippen LogP contribution in [0.4, 0.5) is 0 Å². The lowest BCUT2D eigenvalue weighted by Gasteiger charge is -1.56. The first-order valence-corrected chi connectivity index (χ1v) is 1.95. The van der Waals surface area contributed by atoms with Crippen LogP contribution in [0.5, 0.6) is 0 Å². The lowest BCUT2D eigenvalue weighted by atomic mass is 10.8.